The number of fused-ring (bicyclic) bond motifs is 1. The Hall–Kier alpha value is -2.30. The summed E-state index contributed by atoms with van der Waals surface area (Å²) in [5.74, 6) is -0.557. The number of aromatic hydroxyl groups is 1. The van der Waals surface area contributed by atoms with Gasteiger partial charge in [-0.15, -0.1) is 0 Å². The maximum atomic E-state index is 11.7. The number of hydrogen-bond acceptors (Lipinski definition) is 5. The van der Waals surface area contributed by atoms with Crippen LogP contribution in [0.15, 0.2) is 33.5 Å². The topological polar surface area (TPSA) is 76.7 Å². The van der Waals surface area contributed by atoms with E-state index in [1.165, 1.54) is 18.2 Å². The maximum absolute atomic E-state index is 11.7. The summed E-state index contributed by atoms with van der Waals surface area (Å²) in [4.78, 5) is 23.3. The molecule has 2 aromatic rings. The SMILES string of the molecule is CCCCCC(=O)Oc1cc2ccc(O)cc2oc1=O. The predicted molar refractivity (Wildman–Crippen MR) is 73.9 cm³/mol. The molecule has 0 saturated heterocycles. The van der Waals surface area contributed by atoms with Crippen LogP contribution in [0.5, 0.6) is 11.5 Å². The molecule has 2 rings (SSSR count). The predicted octanol–water partition coefficient (Wildman–Crippen LogP) is 2.98. The van der Waals surface area contributed by atoms with E-state index < -0.39 is 11.6 Å². The average Bonchev–Trinajstić information content (AvgIpc) is 2.40. The van der Waals surface area contributed by atoms with E-state index in [4.69, 9.17) is 9.15 Å². The lowest BCUT2D eigenvalue weighted by atomic mass is 10.2. The molecule has 0 saturated carbocycles. The first-order valence-corrected chi connectivity index (χ1v) is 6.57. The van der Waals surface area contributed by atoms with Crippen molar-refractivity contribution in [2.24, 2.45) is 0 Å². The number of esters is 1. The van der Waals surface area contributed by atoms with Crippen LogP contribution in [0.25, 0.3) is 11.0 Å². The Morgan fingerprint density at radius 2 is 2.10 bits per heavy atom. The summed E-state index contributed by atoms with van der Waals surface area (Å²) in [6.45, 7) is 2.04. The van der Waals surface area contributed by atoms with Crippen LogP contribution in [0, 0.1) is 0 Å². The van der Waals surface area contributed by atoms with E-state index in [1.54, 1.807) is 6.07 Å². The zero-order valence-electron chi connectivity index (χ0n) is 11.2. The van der Waals surface area contributed by atoms with Gasteiger partial charge in [-0.25, -0.2) is 4.79 Å². The molecule has 0 bridgehead atoms. The zero-order chi connectivity index (χ0) is 14.5. The highest BCUT2D eigenvalue weighted by atomic mass is 16.5. The van der Waals surface area contributed by atoms with E-state index in [0.29, 0.717) is 5.39 Å². The Morgan fingerprint density at radius 1 is 1.30 bits per heavy atom. The van der Waals surface area contributed by atoms with Crippen LogP contribution in [-0.4, -0.2) is 11.1 Å². The highest BCUT2D eigenvalue weighted by Gasteiger charge is 2.11. The standard InChI is InChI=1S/C15H16O5/c1-2-3-4-5-14(17)19-13-8-10-6-7-11(16)9-12(10)20-15(13)18/h6-9,16H,2-5H2,1H3. The molecule has 0 aliphatic carbocycles. The number of rotatable bonds is 5. The number of phenolic OH excluding ortho intramolecular Hbond substituents is 1. The van der Waals surface area contributed by atoms with Gasteiger partial charge in [-0.3, -0.25) is 4.79 Å². The van der Waals surface area contributed by atoms with Gasteiger partial charge in [0.1, 0.15) is 11.3 Å². The van der Waals surface area contributed by atoms with E-state index in [9.17, 15) is 14.7 Å². The number of carbonyl (C=O) groups excluding carboxylic acids is 1. The monoisotopic (exact) mass is 276 g/mol. The fraction of sp³-hybridized carbons (Fsp3) is 0.333. The highest BCUT2D eigenvalue weighted by Crippen LogP contribution is 2.21. The Balaban J connectivity index is 2.18. The van der Waals surface area contributed by atoms with Gasteiger partial charge in [0.05, 0.1) is 0 Å². The summed E-state index contributed by atoms with van der Waals surface area (Å²) in [6.07, 6.45) is 2.97. The van der Waals surface area contributed by atoms with Crippen LogP contribution >= 0.6 is 0 Å². The quantitative estimate of drug-likeness (QED) is 0.516. The van der Waals surface area contributed by atoms with E-state index in [-0.39, 0.29) is 23.5 Å². The van der Waals surface area contributed by atoms with Crippen LogP contribution in [0.2, 0.25) is 0 Å². The van der Waals surface area contributed by atoms with Gasteiger partial charge in [-0.2, -0.15) is 0 Å². The van der Waals surface area contributed by atoms with Crippen molar-refractivity contribution in [2.75, 3.05) is 0 Å². The molecule has 0 aliphatic heterocycles. The molecule has 1 heterocycles. The first-order valence-electron chi connectivity index (χ1n) is 6.57. The minimum atomic E-state index is -0.730. The van der Waals surface area contributed by atoms with Crippen molar-refractivity contribution >= 4 is 16.9 Å². The number of ether oxygens (including phenoxy) is 1. The molecule has 0 unspecified atom stereocenters. The van der Waals surface area contributed by atoms with Gasteiger partial charge in [0, 0.05) is 17.9 Å². The second-order valence-corrected chi connectivity index (χ2v) is 4.55. The molecule has 1 aromatic carbocycles. The summed E-state index contributed by atoms with van der Waals surface area (Å²) in [5, 5.41) is 9.89. The van der Waals surface area contributed by atoms with Crippen molar-refractivity contribution in [3.8, 4) is 11.5 Å². The molecule has 0 amide bonds. The van der Waals surface area contributed by atoms with E-state index in [0.717, 1.165) is 19.3 Å². The molecule has 106 valence electrons. The molecular formula is C15H16O5. The summed E-state index contributed by atoms with van der Waals surface area (Å²) in [6, 6.07) is 5.83. The first-order chi connectivity index (χ1) is 9.60. The van der Waals surface area contributed by atoms with Crippen LogP contribution < -0.4 is 10.4 Å². The lowest BCUT2D eigenvalue weighted by Crippen LogP contribution is -2.13. The van der Waals surface area contributed by atoms with Gasteiger partial charge in [0.25, 0.3) is 0 Å². The Bertz CT molecular complexity index is 672. The summed E-state index contributed by atoms with van der Waals surface area (Å²) < 4.78 is 10.0. The molecule has 1 aromatic heterocycles. The number of carbonyl (C=O) groups is 1. The minimum absolute atomic E-state index is 0.00459. The molecule has 0 fully saturated rings. The maximum Gasteiger partial charge on any atom is 0.379 e. The normalized spacial score (nSPS) is 10.7. The third-order valence-corrected chi connectivity index (χ3v) is 2.90. The molecule has 0 spiro atoms. The summed E-state index contributed by atoms with van der Waals surface area (Å²) in [5.41, 5.74) is -0.479. The van der Waals surface area contributed by atoms with Crippen molar-refractivity contribution in [3.63, 3.8) is 0 Å². The van der Waals surface area contributed by atoms with Gasteiger partial charge in [0.2, 0.25) is 5.75 Å². The van der Waals surface area contributed by atoms with Crippen molar-refractivity contribution in [1.29, 1.82) is 0 Å². The fourth-order valence-corrected chi connectivity index (χ4v) is 1.85. The molecule has 1 N–H and O–H groups in total. The third-order valence-electron chi connectivity index (χ3n) is 2.90. The highest BCUT2D eigenvalue weighted by molar-refractivity contribution is 5.80. The van der Waals surface area contributed by atoms with E-state index in [1.807, 2.05) is 6.92 Å². The third kappa shape index (κ3) is 3.38. The lowest BCUT2D eigenvalue weighted by molar-refractivity contribution is -0.134. The molecule has 0 aliphatic rings. The van der Waals surface area contributed by atoms with Gasteiger partial charge in [-0.05, 0) is 24.6 Å². The van der Waals surface area contributed by atoms with E-state index >= 15 is 0 Å². The van der Waals surface area contributed by atoms with Crippen LogP contribution in [0.3, 0.4) is 0 Å². The average molecular weight is 276 g/mol. The summed E-state index contributed by atoms with van der Waals surface area (Å²) in [7, 11) is 0. The van der Waals surface area contributed by atoms with Gasteiger partial charge in [0.15, 0.2) is 0 Å². The number of benzene rings is 1. The van der Waals surface area contributed by atoms with Crippen molar-refractivity contribution in [2.45, 2.75) is 32.6 Å². The largest absolute Gasteiger partial charge is 0.508 e. The van der Waals surface area contributed by atoms with Gasteiger partial charge < -0.3 is 14.3 Å². The van der Waals surface area contributed by atoms with Crippen molar-refractivity contribution < 1.29 is 19.1 Å². The number of phenols is 1. The molecular weight excluding hydrogens is 260 g/mol. The second-order valence-electron chi connectivity index (χ2n) is 4.55. The Morgan fingerprint density at radius 3 is 2.85 bits per heavy atom. The first kappa shape index (κ1) is 14.1. The minimum Gasteiger partial charge on any atom is -0.508 e. The molecule has 5 nitrogen and oxygen atoms in total. The summed E-state index contributed by atoms with van der Waals surface area (Å²) >= 11 is 0. The molecule has 0 atom stereocenters. The van der Waals surface area contributed by atoms with Crippen molar-refractivity contribution in [3.05, 3.63) is 34.7 Å². The zero-order valence-corrected chi connectivity index (χ0v) is 11.2. The number of hydrogen-bond donors (Lipinski definition) is 1. The van der Waals surface area contributed by atoms with E-state index in [2.05, 4.69) is 0 Å². The Kier molecular flexibility index (Phi) is 4.40. The van der Waals surface area contributed by atoms with Crippen LogP contribution in [-0.2, 0) is 4.79 Å². The van der Waals surface area contributed by atoms with Gasteiger partial charge >= 0.3 is 11.6 Å². The Labute approximate surface area is 115 Å². The molecule has 0 radical (unpaired) electrons. The fourth-order valence-electron chi connectivity index (χ4n) is 1.85. The lowest BCUT2D eigenvalue weighted by Gasteiger charge is -2.04. The second kappa shape index (κ2) is 6.23. The molecule has 20 heavy (non-hydrogen) atoms. The van der Waals surface area contributed by atoms with Crippen molar-refractivity contribution in [1.82, 2.24) is 0 Å². The molecule has 5 heteroatoms. The van der Waals surface area contributed by atoms with Crippen LogP contribution in [0.1, 0.15) is 32.6 Å². The van der Waals surface area contributed by atoms with Crippen LogP contribution in [0.4, 0.5) is 0 Å². The van der Waals surface area contributed by atoms with Gasteiger partial charge in [-0.1, -0.05) is 19.8 Å². The number of unbranched alkanes of at least 4 members (excludes halogenated alkanes) is 2. The smallest absolute Gasteiger partial charge is 0.379 e.